The van der Waals surface area contributed by atoms with Gasteiger partial charge in [0.05, 0.1) is 0 Å². The van der Waals surface area contributed by atoms with E-state index in [1.165, 1.54) is 0 Å². The number of carbonyl (C=O) groups is 1. The van der Waals surface area contributed by atoms with Crippen LogP contribution in [0.2, 0.25) is 0 Å². The van der Waals surface area contributed by atoms with Gasteiger partial charge in [0.25, 0.3) is 0 Å². The van der Waals surface area contributed by atoms with E-state index in [0.717, 1.165) is 18.4 Å². The second-order valence-corrected chi connectivity index (χ2v) is 7.84. The van der Waals surface area contributed by atoms with Gasteiger partial charge in [0.1, 0.15) is 18.2 Å². The highest BCUT2D eigenvalue weighted by Gasteiger charge is 2.33. The van der Waals surface area contributed by atoms with Gasteiger partial charge in [-0.15, -0.1) is 10.2 Å². The molecule has 8 heteroatoms. The fourth-order valence-corrected chi connectivity index (χ4v) is 3.41. The molecule has 1 aromatic heterocycles. The Morgan fingerprint density at radius 3 is 2.48 bits per heavy atom. The summed E-state index contributed by atoms with van der Waals surface area (Å²) in [6, 6.07) is 9.96. The van der Waals surface area contributed by atoms with Crippen LogP contribution in [0.25, 0.3) is 0 Å². The van der Waals surface area contributed by atoms with E-state index in [1.807, 2.05) is 51.1 Å². The lowest BCUT2D eigenvalue weighted by Gasteiger charge is -2.36. The molecule has 146 valence electrons. The number of aliphatic hydroxyl groups excluding tert-OH is 1. The maximum atomic E-state index is 12.3. The van der Waals surface area contributed by atoms with E-state index in [9.17, 15) is 9.90 Å². The predicted octanol–water partition coefficient (Wildman–Crippen LogP) is 2.40. The quantitative estimate of drug-likeness (QED) is 0.884. The topological polar surface area (TPSA) is 93.4 Å². The summed E-state index contributed by atoms with van der Waals surface area (Å²) in [6.45, 7) is 6.64. The molecule has 1 atom stereocenters. The van der Waals surface area contributed by atoms with Crippen molar-refractivity contribution in [2.45, 2.75) is 51.9 Å². The summed E-state index contributed by atoms with van der Waals surface area (Å²) in [7, 11) is 0. The number of rotatable bonds is 4. The molecule has 0 radical (unpaired) electrons. The molecule has 1 amide bonds. The molecule has 1 saturated heterocycles. The maximum absolute atomic E-state index is 12.3. The Morgan fingerprint density at radius 2 is 1.93 bits per heavy atom. The highest BCUT2D eigenvalue weighted by Crippen LogP contribution is 2.33. The molecule has 1 aliphatic heterocycles. The van der Waals surface area contributed by atoms with Gasteiger partial charge in [-0.1, -0.05) is 30.3 Å². The van der Waals surface area contributed by atoms with E-state index in [4.69, 9.17) is 4.74 Å². The molecule has 0 bridgehead atoms. The second kappa shape index (κ2) is 8.04. The van der Waals surface area contributed by atoms with Crippen LogP contribution in [0.5, 0.6) is 0 Å². The van der Waals surface area contributed by atoms with E-state index in [-0.39, 0.29) is 24.7 Å². The number of ether oxygens (including phenoxy) is 1. The first kappa shape index (κ1) is 19.3. The van der Waals surface area contributed by atoms with Crippen molar-refractivity contribution in [3.63, 3.8) is 0 Å². The molecule has 1 N–H and O–H groups in total. The molecule has 1 aromatic carbocycles. The molecule has 0 saturated carbocycles. The fourth-order valence-electron chi connectivity index (χ4n) is 3.41. The monoisotopic (exact) mass is 373 g/mol. The molecule has 0 aliphatic carbocycles. The Balaban J connectivity index is 1.74. The fraction of sp³-hybridized carbons (Fsp3) is 0.579. The number of aliphatic hydroxyl groups is 1. The van der Waals surface area contributed by atoms with Crippen molar-refractivity contribution in [1.82, 2.24) is 25.1 Å². The van der Waals surface area contributed by atoms with Crippen molar-refractivity contribution in [2.24, 2.45) is 5.92 Å². The third kappa shape index (κ3) is 4.82. The van der Waals surface area contributed by atoms with Crippen molar-refractivity contribution < 1.29 is 14.6 Å². The number of carbonyl (C=O) groups excluding carboxylic acids is 1. The van der Waals surface area contributed by atoms with Gasteiger partial charge >= 0.3 is 6.09 Å². The van der Waals surface area contributed by atoms with Gasteiger partial charge in [0.15, 0.2) is 5.82 Å². The molecule has 0 unspecified atom stereocenters. The van der Waals surface area contributed by atoms with E-state index in [1.54, 1.807) is 9.70 Å². The van der Waals surface area contributed by atoms with Crippen molar-refractivity contribution in [3.05, 3.63) is 41.7 Å². The zero-order chi connectivity index (χ0) is 19.4. The van der Waals surface area contributed by atoms with Crippen LogP contribution in [-0.4, -0.2) is 55.0 Å². The highest BCUT2D eigenvalue weighted by atomic mass is 16.6. The van der Waals surface area contributed by atoms with Crippen LogP contribution in [0.1, 0.15) is 51.0 Å². The van der Waals surface area contributed by atoms with Crippen LogP contribution in [-0.2, 0) is 11.3 Å². The highest BCUT2D eigenvalue weighted by molar-refractivity contribution is 5.68. The molecule has 1 fully saturated rings. The lowest BCUT2D eigenvalue weighted by molar-refractivity contribution is 0.0165. The van der Waals surface area contributed by atoms with Crippen LogP contribution in [0.3, 0.4) is 0 Å². The largest absolute Gasteiger partial charge is 0.444 e. The Morgan fingerprint density at radius 1 is 1.26 bits per heavy atom. The smallest absolute Gasteiger partial charge is 0.410 e. The number of piperidine rings is 1. The average molecular weight is 373 g/mol. The summed E-state index contributed by atoms with van der Waals surface area (Å²) in [5.41, 5.74) is 0.598. The number of likely N-dealkylation sites (tertiary alicyclic amines) is 1. The van der Waals surface area contributed by atoms with Gasteiger partial charge in [-0.25, -0.2) is 4.79 Å². The van der Waals surface area contributed by atoms with E-state index >= 15 is 0 Å². The Hall–Kier alpha value is -2.48. The number of benzene rings is 1. The van der Waals surface area contributed by atoms with Crippen LogP contribution in [0, 0.1) is 5.92 Å². The van der Waals surface area contributed by atoms with Gasteiger partial charge in [0, 0.05) is 13.1 Å². The zero-order valence-corrected chi connectivity index (χ0v) is 16.1. The van der Waals surface area contributed by atoms with Crippen molar-refractivity contribution in [2.75, 3.05) is 13.1 Å². The lowest BCUT2D eigenvalue weighted by atomic mass is 9.86. The Labute approximate surface area is 159 Å². The third-order valence-corrected chi connectivity index (χ3v) is 4.64. The summed E-state index contributed by atoms with van der Waals surface area (Å²) >= 11 is 0. The minimum absolute atomic E-state index is 0.0835. The minimum atomic E-state index is -0.494. The van der Waals surface area contributed by atoms with Crippen LogP contribution < -0.4 is 0 Å². The van der Waals surface area contributed by atoms with Gasteiger partial charge in [-0.3, -0.25) is 0 Å². The first-order valence-corrected chi connectivity index (χ1v) is 9.29. The number of nitrogens with zero attached hydrogens (tertiary/aromatic N) is 5. The number of hydrogen-bond donors (Lipinski definition) is 1. The molecule has 0 spiro atoms. The SMILES string of the molecule is CC(C)(C)OC(=O)N1CCC([C@H](c2ccccc2)n2nnc(CO)n2)CC1. The molecular formula is C19H27N5O3. The van der Waals surface area contributed by atoms with Crippen LogP contribution in [0.15, 0.2) is 30.3 Å². The minimum Gasteiger partial charge on any atom is -0.444 e. The Bertz CT molecular complexity index is 748. The number of aromatic nitrogens is 4. The third-order valence-electron chi connectivity index (χ3n) is 4.64. The van der Waals surface area contributed by atoms with E-state index < -0.39 is 5.60 Å². The molecule has 1 aliphatic rings. The second-order valence-electron chi connectivity index (χ2n) is 7.84. The standard InChI is InChI=1S/C19H27N5O3/c1-19(2,3)27-18(26)23-11-9-15(10-12-23)17(14-7-5-4-6-8-14)24-21-16(13-25)20-22-24/h4-8,15,17,25H,9-13H2,1-3H3/t17-/m0/s1. The van der Waals surface area contributed by atoms with Crippen molar-refractivity contribution >= 4 is 6.09 Å². The predicted molar refractivity (Wildman–Crippen MR) is 98.9 cm³/mol. The molecule has 27 heavy (non-hydrogen) atoms. The van der Waals surface area contributed by atoms with Gasteiger partial charge in [-0.2, -0.15) is 4.80 Å². The lowest BCUT2D eigenvalue weighted by Crippen LogP contribution is -2.43. The van der Waals surface area contributed by atoms with Gasteiger partial charge < -0.3 is 14.7 Å². The molecule has 8 nitrogen and oxygen atoms in total. The number of tetrazole rings is 1. The number of hydrogen-bond acceptors (Lipinski definition) is 6. The summed E-state index contributed by atoms with van der Waals surface area (Å²) in [5, 5.41) is 21.6. The zero-order valence-electron chi connectivity index (χ0n) is 16.1. The summed E-state index contributed by atoms with van der Waals surface area (Å²) in [4.78, 5) is 15.7. The maximum Gasteiger partial charge on any atom is 0.410 e. The van der Waals surface area contributed by atoms with Crippen molar-refractivity contribution in [1.29, 1.82) is 0 Å². The van der Waals surface area contributed by atoms with E-state index in [0.29, 0.717) is 18.9 Å². The molecular weight excluding hydrogens is 346 g/mol. The molecule has 2 heterocycles. The average Bonchev–Trinajstić information content (AvgIpc) is 3.11. The van der Waals surface area contributed by atoms with Crippen LogP contribution >= 0.6 is 0 Å². The van der Waals surface area contributed by atoms with Crippen molar-refractivity contribution in [3.8, 4) is 0 Å². The molecule has 3 rings (SSSR count). The normalized spacial score (nSPS) is 17.0. The van der Waals surface area contributed by atoms with E-state index in [2.05, 4.69) is 15.4 Å². The summed E-state index contributed by atoms with van der Waals surface area (Å²) in [5.74, 6) is 0.564. The van der Waals surface area contributed by atoms with Gasteiger partial charge in [-0.05, 0) is 50.3 Å². The summed E-state index contributed by atoms with van der Waals surface area (Å²) < 4.78 is 5.48. The first-order chi connectivity index (χ1) is 12.9. The van der Waals surface area contributed by atoms with Gasteiger partial charge in [0.2, 0.25) is 0 Å². The summed E-state index contributed by atoms with van der Waals surface area (Å²) in [6.07, 6.45) is 1.36. The first-order valence-electron chi connectivity index (χ1n) is 9.29. The number of amides is 1. The molecule has 2 aromatic rings. The van der Waals surface area contributed by atoms with Crippen LogP contribution in [0.4, 0.5) is 4.79 Å². The Kier molecular flexibility index (Phi) is 5.74.